The zero-order valence-electron chi connectivity index (χ0n) is 28.3. The molecule has 3 N–H and O–H groups in total. The van der Waals surface area contributed by atoms with Crippen molar-refractivity contribution in [3.05, 3.63) is 47.6 Å². The number of ketones is 1. The topological polar surface area (TPSA) is 183 Å². The Hall–Kier alpha value is -3.61. The normalized spacial score (nSPS) is 36.0. The molecule has 12 heteroatoms. The van der Waals surface area contributed by atoms with E-state index >= 15 is 0 Å². The lowest BCUT2D eigenvalue weighted by Crippen LogP contribution is -2.60. The highest BCUT2D eigenvalue weighted by Crippen LogP contribution is 2.49. The molecule has 256 valence electrons. The lowest BCUT2D eigenvalue weighted by Gasteiger charge is -2.44. The van der Waals surface area contributed by atoms with Crippen molar-refractivity contribution in [2.24, 2.45) is 17.3 Å². The Kier molecular flexibility index (Phi) is 12.1. The van der Waals surface area contributed by atoms with Crippen molar-refractivity contribution >= 4 is 29.7 Å². The number of aliphatic hydroxyl groups is 3. The molecule has 46 heavy (non-hydrogen) atoms. The van der Waals surface area contributed by atoms with Gasteiger partial charge in [-0.25, -0.2) is 9.59 Å². The number of carbonyl (C=O) groups excluding carboxylic acids is 5. The number of aliphatic hydroxyl groups excluding tert-OH is 1. The lowest BCUT2D eigenvalue weighted by molar-refractivity contribution is -0.190. The number of hydrogen-bond acceptors (Lipinski definition) is 12. The first kappa shape index (κ1) is 38.6. The fourth-order valence-corrected chi connectivity index (χ4v) is 5.94. The van der Waals surface area contributed by atoms with Crippen molar-refractivity contribution in [2.75, 3.05) is 0 Å². The molecule has 0 amide bonds. The standard InChI is InChI=1S/C34H48O12/c1-12-17(3)29(38)45-25-19(5)16-34(42)23(25)24(37)20(6)26(46-30(39)18(4)13-2)27(43-21(7)35)28(44-22(8)36)32(9,10)14-15-33(11,41)31(34)40/h12-15,19,23-28,37,41-42H,6,16H2,1-5,7-11H3/b15-14+,17-12-,18-13-/t19-,23-,24-,25-,26-,27+,28+,33+,34+/m0/s1. The number of allylic oxidation sites excluding steroid dienone is 2. The van der Waals surface area contributed by atoms with Gasteiger partial charge in [-0.3, -0.25) is 14.4 Å². The summed E-state index contributed by atoms with van der Waals surface area (Å²) < 4.78 is 22.9. The number of rotatable bonds is 6. The summed E-state index contributed by atoms with van der Waals surface area (Å²) in [6.07, 6.45) is -2.95. The second kappa shape index (κ2) is 14.4. The second-order valence-electron chi connectivity index (χ2n) is 13.0. The molecule has 0 unspecified atom stereocenters. The molecular formula is C34H48O12. The summed E-state index contributed by atoms with van der Waals surface area (Å²) in [7, 11) is 0. The van der Waals surface area contributed by atoms with E-state index in [0.717, 1.165) is 26.8 Å². The van der Waals surface area contributed by atoms with Gasteiger partial charge >= 0.3 is 23.9 Å². The highest BCUT2D eigenvalue weighted by atomic mass is 16.6. The van der Waals surface area contributed by atoms with Gasteiger partial charge in [-0.1, -0.05) is 45.6 Å². The van der Waals surface area contributed by atoms with Gasteiger partial charge in [0.05, 0.1) is 12.0 Å². The first-order valence-electron chi connectivity index (χ1n) is 15.1. The summed E-state index contributed by atoms with van der Waals surface area (Å²) in [5.74, 6) is -6.78. The molecule has 0 aliphatic heterocycles. The Bertz CT molecular complexity index is 1340. The van der Waals surface area contributed by atoms with Crippen LogP contribution in [0.3, 0.4) is 0 Å². The first-order chi connectivity index (χ1) is 21.0. The maximum atomic E-state index is 14.1. The van der Waals surface area contributed by atoms with Crippen molar-refractivity contribution in [1.29, 1.82) is 0 Å². The van der Waals surface area contributed by atoms with Crippen LogP contribution in [0.5, 0.6) is 0 Å². The minimum Gasteiger partial charge on any atom is -0.458 e. The van der Waals surface area contributed by atoms with Gasteiger partial charge in [-0.05, 0) is 58.6 Å². The second-order valence-corrected chi connectivity index (χ2v) is 13.0. The highest BCUT2D eigenvalue weighted by molar-refractivity contribution is 5.97. The van der Waals surface area contributed by atoms with Gasteiger partial charge in [0, 0.05) is 30.4 Å². The van der Waals surface area contributed by atoms with Crippen LogP contribution in [0.15, 0.2) is 47.6 Å². The predicted octanol–water partition coefficient (Wildman–Crippen LogP) is 2.83. The van der Waals surface area contributed by atoms with Crippen molar-refractivity contribution < 1.29 is 58.2 Å². The van der Waals surface area contributed by atoms with E-state index in [9.17, 15) is 39.3 Å². The van der Waals surface area contributed by atoms with Gasteiger partial charge in [0.1, 0.15) is 17.3 Å². The van der Waals surface area contributed by atoms with Gasteiger partial charge < -0.3 is 34.3 Å². The van der Waals surface area contributed by atoms with Crippen LogP contribution in [0.1, 0.15) is 75.7 Å². The number of fused-ring (bicyclic) bond motifs is 1. The third kappa shape index (κ3) is 8.02. The summed E-state index contributed by atoms with van der Waals surface area (Å²) in [6.45, 7) is 18.2. The van der Waals surface area contributed by atoms with Gasteiger partial charge in [0.25, 0.3) is 0 Å². The van der Waals surface area contributed by atoms with Crippen LogP contribution in [0.2, 0.25) is 0 Å². The molecule has 1 saturated carbocycles. The number of esters is 4. The molecule has 0 aromatic carbocycles. The Morgan fingerprint density at radius 2 is 1.35 bits per heavy atom. The minimum absolute atomic E-state index is 0.143. The zero-order chi connectivity index (χ0) is 35.5. The third-order valence-electron chi connectivity index (χ3n) is 8.79. The number of Topliss-reactive ketones (excluding diaryl/α,β-unsaturated/α-hetero) is 1. The van der Waals surface area contributed by atoms with E-state index in [-0.39, 0.29) is 23.1 Å². The Morgan fingerprint density at radius 1 is 0.848 bits per heavy atom. The fourth-order valence-electron chi connectivity index (χ4n) is 5.94. The number of carbonyl (C=O) groups is 5. The maximum absolute atomic E-state index is 14.1. The third-order valence-corrected chi connectivity index (χ3v) is 8.79. The summed E-state index contributed by atoms with van der Waals surface area (Å²) in [6, 6.07) is 0. The molecule has 2 rings (SSSR count). The Balaban J connectivity index is 3.01. The SMILES string of the molecule is C=C1[C@H](O)[C@H]2[C@@H](OC(=O)/C(C)=C\C)[C@@H](C)C[C@]2(O)C(=O)[C@](C)(O)/C=C/C(C)(C)[C@H](OC(C)=O)[C@H](OC(C)=O)[C@H]1OC(=O)/C(C)=C\C. The maximum Gasteiger partial charge on any atom is 0.334 e. The van der Waals surface area contributed by atoms with Gasteiger partial charge in [0.2, 0.25) is 0 Å². The van der Waals surface area contributed by atoms with E-state index in [1.54, 1.807) is 34.6 Å². The largest absolute Gasteiger partial charge is 0.458 e. The monoisotopic (exact) mass is 648 g/mol. The molecule has 0 bridgehead atoms. The molecule has 0 aromatic heterocycles. The molecule has 2 aliphatic rings. The first-order valence-corrected chi connectivity index (χ1v) is 15.1. The molecule has 0 radical (unpaired) electrons. The number of ether oxygens (including phenoxy) is 4. The van der Waals surface area contributed by atoms with Crippen LogP contribution < -0.4 is 0 Å². The van der Waals surface area contributed by atoms with Crippen LogP contribution in [-0.2, 0) is 42.9 Å². The molecule has 0 saturated heterocycles. The van der Waals surface area contributed by atoms with Crippen molar-refractivity contribution in [3.8, 4) is 0 Å². The molecule has 1 fully saturated rings. The van der Waals surface area contributed by atoms with E-state index in [4.69, 9.17) is 18.9 Å². The van der Waals surface area contributed by atoms with Crippen molar-refractivity contribution in [1.82, 2.24) is 0 Å². The van der Waals surface area contributed by atoms with Crippen molar-refractivity contribution in [3.63, 3.8) is 0 Å². The predicted molar refractivity (Wildman–Crippen MR) is 166 cm³/mol. The molecule has 0 aromatic rings. The van der Waals surface area contributed by atoms with Crippen LogP contribution in [0.4, 0.5) is 0 Å². The Labute approximate surface area is 270 Å². The van der Waals surface area contributed by atoms with Crippen LogP contribution in [-0.4, -0.2) is 86.7 Å². The molecule has 2 aliphatic carbocycles. The van der Waals surface area contributed by atoms with Crippen LogP contribution in [0, 0.1) is 17.3 Å². The van der Waals surface area contributed by atoms with E-state index in [1.165, 1.54) is 32.1 Å². The van der Waals surface area contributed by atoms with E-state index in [2.05, 4.69) is 6.58 Å². The van der Waals surface area contributed by atoms with E-state index in [0.29, 0.717) is 0 Å². The smallest absolute Gasteiger partial charge is 0.334 e. The van der Waals surface area contributed by atoms with E-state index in [1.807, 2.05) is 0 Å². The van der Waals surface area contributed by atoms with Gasteiger partial charge in [-0.2, -0.15) is 0 Å². The van der Waals surface area contributed by atoms with Gasteiger partial charge in [-0.15, -0.1) is 0 Å². The summed E-state index contributed by atoms with van der Waals surface area (Å²) >= 11 is 0. The van der Waals surface area contributed by atoms with Crippen molar-refractivity contribution in [2.45, 2.75) is 117 Å². The highest BCUT2D eigenvalue weighted by Gasteiger charge is 2.64. The quantitative estimate of drug-likeness (QED) is 0.166. The van der Waals surface area contributed by atoms with E-state index < -0.39 is 88.6 Å². The summed E-state index contributed by atoms with van der Waals surface area (Å²) in [5.41, 5.74) is -6.17. The van der Waals surface area contributed by atoms with Crippen LogP contribution >= 0.6 is 0 Å². The molecule has 9 atom stereocenters. The van der Waals surface area contributed by atoms with Gasteiger partial charge in [0.15, 0.2) is 24.1 Å². The fraction of sp³-hybridized carbons (Fsp3) is 0.618. The average Bonchev–Trinajstić information content (AvgIpc) is 3.22. The molecule has 12 nitrogen and oxygen atoms in total. The summed E-state index contributed by atoms with van der Waals surface area (Å²) in [5, 5.41) is 35.6. The average molecular weight is 649 g/mol. The molecule has 0 heterocycles. The lowest BCUT2D eigenvalue weighted by atomic mass is 9.71. The molecule has 0 spiro atoms. The minimum atomic E-state index is -2.49. The summed E-state index contributed by atoms with van der Waals surface area (Å²) in [4.78, 5) is 65.1. The molecular weight excluding hydrogens is 600 g/mol. The van der Waals surface area contributed by atoms with Crippen LogP contribution in [0.25, 0.3) is 0 Å². The Morgan fingerprint density at radius 3 is 1.83 bits per heavy atom. The zero-order valence-corrected chi connectivity index (χ0v) is 28.3. The number of hydrogen-bond donors (Lipinski definition) is 3.